The van der Waals surface area contributed by atoms with Gasteiger partial charge in [0.15, 0.2) is 0 Å². The van der Waals surface area contributed by atoms with Gasteiger partial charge in [0.2, 0.25) is 0 Å². The van der Waals surface area contributed by atoms with Gasteiger partial charge in [-0.25, -0.2) is 14.4 Å². The summed E-state index contributed by atoms with van der Waals surface area (Å²) in [6.07, 6.45) is 11.4. The molecule has 1 fully saturated rings. The molecule has 162 valence electrons. The Hall–Kier alpha value is -3.81. The molecular formula is C24H24FN7. The van der Waals surface area contributed by atoms with Crippen LogP contribution in [-0.2, 0) is 6.54 Å². The molecule has 7 nitrogen and oxygen atoms in total. The Morgan fingerprint density at radius 1 is 1.03 bits per heavy atom. The van der Waals surface area contributed by atoms with Crippen molar-refractivity contribution < 1.29 is 4.39 Å². The van der Waals surface area contributed by atoms with Gasteiger partial charge in [0.05, 0.1) is 12.4 Å². The maximum Gasteiger partial charge on any atom is 0.150 e. The highest BCUT2D eigenvalue weighted by Crippen LogP contribution is 2.32. The van der Waals surface area contributed by atoms with E-state index >= 15 is 0 Å². The molecule has 1 saturated carbocycles. The van der Waals surface area contributed by atoms with Crippen molar-refractivity contribution >= 4 is 17.5 Å². The zero-order valence-electron chi connectivity index (χ0n) is 17.7. The number of anilines is 3. The van der Waals surface area contributed by atoms with Gasteiger partial charge in [-0.15, -0.1) is 0 Å². The third-order valence-electron chi connectivity index (χ3n) is 5.49. The summed E-state index contributed by atoms with van der Waals surface area (Å²) in [7, 11) is 0. The van der Waals surface area contributed by atoms with E-state index < -0.39 is 0 Å². The van der Waals surface area contributed by atoms with Crippen molar-refractivity contribution in [3.63, 3.8) is 0 Å². The summed E-state index contributed by atoms with van der Waals surface area (Å²) in [5, 5.41) is 11.2. The van der Waals surface area contributed by atoms with Crippen LogP contribution in [0.3, 0.4) is 0 Å². The van der Waals surface area contributed by atoms with Crippen molar-refractivity contribution in [2.75, 3.05) is 10.6 Å². The topological polar surface area (TPSA) is 80.5 Å². The van der Waals surface area contributed by atoms with E-state index in [1.807, 2.05) is 29.9 Å². The van der Waals surface area contributed by atoms with Crippen LogP contribution >= 0.6 is 0 Å². The molecule has 2 N–H and O–H groups in total. The lowest BCUT2D eigenvalue weighted by molar-refractivity contribution is 0.563. The molecule has 0 spiro atoms. The highest BCUT2D eigenvalue weighted by Gasteiger charge is 2.22. The van der Waals surface area contributed by atoms with Gasteiger partial charge in [-0.3, -0.25) is 9.67 Å². The van der Waals surface area contributed by atoms with Crippen LogP contribution in [0.4, 0.5) is 21.8 Å². The SMILES string of the molecule is C[C@H](Nc1cc(-c2cnn(CC3CC3)c2)cc(Nc2cnccn2)n1)c1ccc(F)cc1. The standard InChI is InChI=1S/C24H24FN7/c1-16(18-4-6-21(25)7-5-18)29-22-10-19(20-12-28-32(15-20)14-17-2-3-17)11-23(30-22)31-24-13-26-8-9-27-24/h4-13,15-17H,2-3,14H2,1H3,(H2,27,29,30,31)/t16-/m0/s1. The van der Waals surface area contributed by atoms with Crippen LogP contribution in [0.2, 0.25) is 0 Å². The lowest BCUT2D eigenvalue weighted by Gasteiger charge is -2.17. The van der Waals surface area contributed by atoms with E-state index in [9.17, 15) is 4.39 Å². The second kappa shape index (κ2) is 8.74. The molecular weight excluding hydrogens is 405 g/mol. The predicted octanol–water partition coefficient (Wildman–Crippen LogP) is 5.20. The monoisotopic (exact) mass is 429 g/mol. The molecule has 1 aliphatic carbocycles. The number of pyridine rings is 1. The van der Waals surface area contributed by atoms with Crippen molar-refractivity contribution in [3.05, 3.63) is 78.8 Å². The van der Waals surface area contributed by atoms with Crippen molar-refractivity contribution in [1.29, 1.82) is 0 Å². The molecule has 32 heavy (non-hydrogen) atoms. The summed E-state index contributed by atoms with van der Waals surface area (Å²) < 4.78 is 15.3. The van der Waals surface area contributed by atoms with E-state index in [4.69, 9.17) is 4.98 Å². The summed E-state index contributed by atoms with van der Waals surface area (Å²) in [6.45, 7) is 2.98. The minimum atomic E-state index is -0.250. The number of rotatable bonds is 8. The molecule has 1 atom stereocenters. The summed E-state index contributed by atoms with van der Waals surface area (Å²) in [5.74, 6) is 2.45. The van der Waals surface area contributed by atoms with Gasteiger partial charge in [0, 0.05) is 36.7 Å². The fraction of sp³-hybridized carbons (Fsp3) is 0.250. The molecule has 3 aromatic heterocycles. The number of halogens is 1. The van der Waals surface area contributed by atoms with E-state index in [0.29, 0.717) is 17.5 Å². The van der Waals surface area contributed by atoms with E-state index in [1.54, 1.807) is 30.7 Å². The normalized spacial score (nSPS) is 14.2. The minimum absolute atomic E-state index is 0.0553. The van der Waals surface area contributed by atoms with E-state index in [0.717, 1.165) is 29.2 Å². The van der Waals surface area contributed by atoms with Crippen LogP contribution in [0, 0.1) is 11.7 Å². The summed E-state index contributed by atoms with van der Waals surface area (Å²) in [6, 6.07) is 10.4. The highest BCUT2D eigenvalue weighted by atomic mass is 19.1. The summed E-state index contributed by atoms with van der Waals surface area (Å²) >= 11 is 0. The lowest BCUT2D eigenvalue weighted by Crippen LogP contribution is -2.09. The summed E-state index contributed by atoms with van der Waals surface area (Å²) in [5.41, 5.74) is 2.98. The minimum Gasteiger partial charge on any atom is -0.363 e. The molecule has 8 heteroatoms. The lowest BCUT2D eigenvalue weighted by atomic mass is 10.1. The first-order valence-corrected chi connectivity index (χ1v) is 10.7. The van der Waals surface area contributed by atoms with Gasteiger partial charge < -0.3 is 10.6 Å². The largest absolute Gasteiger partial charge is 0.363 e. The van der Waals surface area contributed by atoms with Crippen LogP contribution in [0.1, 0.15) is 31.4 Å². The van der Waals surface area contributed by atoms with Gasteiger partial charge in [-0.1, -0.05) is 12.1 Å². The quantitative estimate of drug-likeness (QED) is 0.401. The fourth-order valence-corrected chi connectivity index (χ4v) is 3.56. The molecule has 0 unspecified atom stereocenters. The first kappa shape index (κ1) is 20.1. The van der Waals surface area contributed by atoms with Crippen molar-refractivity contribution in [3.8, 4) is 11.1 Å². The Balaban J connectivity index is 1.44. The first-order chi connectivity index (χ1) is 15.6. The maximum absolute atomic E-state index is 13.3. The van der Waals surface area contributed by atoms with Crippen molar-refractivity contribution in [2.24, 2.45) is 5.92 Å². The molecule has 4 aromatic rings. The van der Waals surface area contributed by atoms with Gasteiger partial charge in [0.25, 0.3) is 0 Å². The zero-order chi connectivity index (χ0) is 21.9. The molecule has 0 radical (unpaired) electrons. The molecule has 0 bridgehead atoms. The Morgan fingerprint density at radius 3 is 2.59 bits per heavy atom. The van der Waals surface area contributed by atoms with Crippen molar-refractivity contribution in [2.45, 2.75) is 32.4 Å². The van der Waals surface area contributed by atoms with E-state index in [-0.39, 0.29) is 11.9 Å². The van der Waals surface area contributed by atoms with Crippen LogP contribution in [0.5, 0.6) is 0 Å². The fourth-order valence-electron chi connectivity index (χ4n) is 3.56. The van der Waals surface area contributed by atoms with Crippen LogP contribution < -0.4 is 10.6 Å². The smallest absolute Gasteiger partial charge is 0.150 e. The summed E-state index contributed by atoms with van der Waals surface area (Å²) in [4.78, 5) is 13.1. The molecule has 5 rings (SSSR count). The second-order valence-electron chi connectivity index (χ2n) is 8.15. The van der Waals surface area contributed by atoms with Gasteiger partial charge in [-0.2, -0.15) is 5.10 Å². The van der Waals surface area contributed by atoms with Crippen LogP contribution in [0.15, 0.2) is 67.4 Å². The van der Waals surface area contributed by atoms with Gasteiger partial charge in [-0.05, 0) is 61.1 Å². The predicted molar refractivity (Wildman–Crippen MR) is 122 cm³/mol. The molecule has 0 saturated heterocycles. The van der Waals surface area contributed by atoms with Gasteiger partial charge in [0.1, 0.15) is 23.3 Å². The van der Waals surface area contributed by atoms with Crippen molar-refractivity contribution in [1.82, 2.24) is 24.7 Å². The number of nitrogens with one attached hydrogen (secondary N) is 2. The molecule has 1 aliphatic rings. The molecule has 0 amide bonds. The second-order valence-corrected chi connectivity index (χ2v) is 8.15. The zero-order valence-corrected chi connectivity index (χ0v) is 17.7. The molecule has 1 aromatic carbocycles. The van der Waals surface area contributed by atoms with E-state index in [2.05, 4.69) is 31.9 Å². The van der Waals surface area contributed by atoms with Crippen LogP contribution in [0.25, 0.3) is 11.1 Å². The first-order valence-electron chi connectivity index (χ1n) is 10.7. The Bertz CT molecular complexity index is 1190. The van der Waals surface area contributed by atoms with Crippen LogP contribution in [-0.4, -0.2) is 24.7 Å². The number of benzene rings is 1. The van der Waals surface area contributed by atoms with E-state index in [1.165, 1.54) is 25.0 Å². The molecule has 3 heterocycles. The third-order valence-corrected chi connectivity index (χ3v) is 5.49. The Kier molecular flexibility index (Phi) is 5.49. The number of hydrogen-bond donors (Lipinski definition) is 2. The molecule has 0 aliphatic heterocycles. The number of aromatic nitrogens is 5. The third kappa shape index (κ3) is 4.91. The number of nitrogens with zero attached hydrogens (tertiary/aromatic N) is 5. The Morgan fingerprint density at radius 2 is 1.84 bits per heavy atom. The number of hydrogen-bond acceptors (Lipinski definition) is 6. The van der Waals surface area contributed by atoms with Gasteiger partial charge >= 0.3 is 0 Å². The average Bonchev–Trinajstić information content (AvgIpc) is 3.48. The Labute approximate surface area is 185 Å². The highest BCUT2D eigenvalue weighted by molar-refractivity contribution is 5.71. The maximum atomic E-state index is 13.3. The average molecular weight is 430 g/mol.